The van der Waals surface area contributed by atoms with Crippen molar-refractivity contribution in [1.82, 2.24) is 0 Å². The van der Waals surface area contributed by atoms with Crippen molar-refractivity contribution in [1.29, 1.82) is 0 Å². The fraction of sp³-hybridized carbons (Fsp3) is 0.500. The van der Waals surface area contributed by atoms with Gasteiger partial charge in [0.15, 0.2) is 0 Å². The Morgan fingerprint density at radius 1 is 1.53 bits per heavy atom. The highest BCUT2D eigenvalue weighted by molar-refractivity contribution is 5.56. The fourth-order valence-corrected chi connectivity index (χ4v) is 1.79. The molecule has 3 N–H and O–H groups in total. The molecule has 3 heteroatoms. The Hall–Kier alpha value is -1.22. The topological polar surface area (TPSA) is 47.3 Å². The number of benzene rings is 1. The van der Waals surface area contributed by atoms with Crippen LogP contribution in [0.25, 0.3) is 0 Å². The van der Waals surface area contributed by atoms with Crippen LogP contribution in [-0.4, -0.2) is 19.8 Å². The minimum Gasteiger partial charge on any atom is -0.399 e. The summed E-state index contributed by atoms with van der Waals surface area (Å²) < 4.78 is 5.33. The molecular weight excluding hydrogens is 188 g/mol. The Morgan fingerprint density at radius 3 is 3.07 bits per heavy atom. The van der Waals surface area contributed by atoms with Crippen molar-refractivity contribution in [2.45, 2.75) is 13.3 Å². The summed E-state index contributed by atoms with van der Waals surface area (Å²) in [4.78, 5) is 0. The molecule has 0 spiro atoms. The molecule has 1 aliphatic heterocycles. The second kappa shape index (κ2) is 4.53. The van der Waals surface area contributed by atoms with Gasteiger partial charge in [0.05, 0.1) is 6.61 Å². The summed E-state index contributed by atoms with van der Waals surface area (Å²) in [5, 5.41) is 3.42. The molecule has 1 unspecified atom stereocenters. The van der Waals surface area contributed by atoms with Gasteiger partial charge in [0.1, 0.15) is 0 Å². The maximum absolute atomic E-state index is 5.76. The first-order valence-corrected chi connectivity index (χ1v) is 5.43. The molecule has 1 aromatic rings. The van der Waals surface area contributed by atoms with E-state index in [0.29, 0.717) is 5.92 Å². The van der Waals surface area contributed by atoms with Gasteiger partial charge in [0.2, 0.25) is 0 Å². The van der Waals surface area contributed by atoms with Crippen LogP contribution in [0.15, 0.2) is 18.2 Å². The lowest BCUT2D eigenvalue weighted by atomic mass is 10.1. The van der Waals surface area contributed by atoms with Crippen molar-refractivity contribution in [3.63, 3.8) is 0 Å². The molecule has 1 heterocycles. The van der Waals surface area contributed by atoms with Crippen LogP contribution < -0.4 is 11.1 Å². The van der Waals surface area contributed by atoms with Crippen LogP contribution in [0.5, 0.6) is 0 Å². The quantitative estimate of drug-likeness (QED) is 0.744. The van der Waals surface area contributed by atoms with Gasteiger partial charge in [-0.1, -0.05) is 0 Å². The second-order valence-electron chi connectivity index (χ2n) is 4.18. The minimum absolute atomic E-state index is 0.655. The van der Waals surface area contributed by atoms with E-state index >= 15 is 0 Å². The van der Waals surface area contributed by atoms with E-state index in [1.54, 1.807) is 0 Å². The number of anilines is 2. The van der Waals surface area contributed by atoms with E-state index in [9.17, 15) is 0 Å². The molecule has 15 heavy (non-hydrogen) atoms. The zero-order valence-corrected chi connectivity index (χ0v) is 9.12. The molecule has 0 amide bonds. The van der Waals surface area contributed by atoms with Gasteiger partial charge >= 0.3 is 0 Å². The first-order chi connectivity index (χ1) is 7.25. The molecule has 1 saturated heterocycles. The summed E-state index contributed by atoms with van der Waals surface area (Å²) in [7, 11) is 0. The third-order valence-corrected chi connectivity index (χ3v) is 2.89. The van der Waals surface area contributed by atoms with Crippen molar-refractivity contribution in [3.8, 4) is 0 Å². The standard InChI is InChI=1S/C12H18N2O/c1-9-6-11(2-3-12(9)13)14-7-10-4-5-15-8-10/h2-3,6,10,14H,4-5,7-8,13H2,1H3. The van der Waals surface area contributed by atoms with E-state index in [4.69, 9.17) is 10.5 Å². The zero-order valence-electron chi connectivity index (χ0n) is 9.12. The van der Waals surface area contributed by atoms with Gasteiger partial charge in [0, 0.05) is 30.4 Å². The first-order valence-electron chi connectivity index (χ1n) is 5.43. The molecule has 1 atom stereocenters. The Labute approximate surface area is 90.6 Å². The summed E-state index contributed by atoms with van der Waals surface area (Å²) in [6.07, 6.45) is 1.17. The van der Waals surface area contributed by atoms with E-state index < -0.39 is 0 Å². The minimum atomic E-state index is 0.655. The molecule has 1 fully saturated rings. The lowest BCUT2D eigenvalue weighted by Crippen LogP contribution is -2.14. The van der Waals surface area contributed by atoms with E-state index in [-0.39, 0.29) is 0 Å². The molecule has 0 bridgehead atoms. The summed E-state index contributed by atoms with van der Waals surface area (Å²) in [6.45, 7) is 4.82. The summed E-state index contributed by atoms with van der Waals surface area (Å²) >= 11 is 0. The molecule has 0 saturated carbocycles. The van der Waals surface area contributed by atoms with Crippen LogP contribution in [0.4, 0.5) is 11.4 Å². The fourth-order valence-electron chi connectivity index (χ4n) is 1.79. The van der Waals surface area contributed by atoms with Gasteiger partial charge in [-0.05, 0) is 37.1 Å². The highest BCUT2D eigenvalue weighted by atomic mass is 16.5. The largest absolute Gasteiger partial charge is 0.399 e. The SMILES string of the molecule is Cc1cc(NCC2CCOC2)ccc1N. The van der Waals surface area contributed by atoms with Crippen molar-refractivity contribution in [3.05, 3.63) is 23.8 Å². The van der Waals surface area contributed by atoms with Gasteiger partial charge in [0.25, 0.3) is 0 Å². The van der Waals surface area contributed by atoms with Crippen LogP contribution in [-0.2, 0) is 4.74 Å². The molecule has 0 radical (unpaired) electrons. The van der Waals surface area contributed by atoms with Crippen LogP contribution in [0, 0.1) is 12.8 Å². The highest BCUT2D eigenvalue weighted by Gasteiger charge is 2.14. The van der Waals surface area contributed by atoms with Crippen molar-refractivity contribution in [2.24, 2.45) is 5.92 Å². The van der Waals surface area contributed by atoms with Crippen molar-refractivity contribution >= 4 is 11.4 Å². The molecule has 0 aliphatic carbocycles. The molecule has 1 aliphatic rings. The van der Waals surface area contributed by atoms with Crippen LogP contribution in [0.2, 0.25) is 0 Å². The summed E-state index contributed by atoms with van der Waals surface area (Å²) in [5.41, 5.74) is 8.89. The zero-order chi connectivity index (χ0) is 10.7. The monoisotopic (exact) mass is 206 g/mol. The predicted molar refractivity (Wildman–Crippen MR) is 63.0 cm³/mol. The molecule has 3 nitrogen and oxygen atoms in total. The number of rotatable bonds is 3. The number of hydrogen-bond acceptors (Lipinski definition) is 3. The summed E-state index contributed by atoms with van der Waals surface area (Å²) in [6, 6.07) is 6.06. The number of nitrogens with one attached hydrogen (secondary N) is 1. The smallest absolute Gasteiger partial charge is 0.0511 e. The van der Waals surface area contributed by atoms with E-state index in [1.165, 1.54) is 6.42 Å². The first kappa shape index (κ1) is 10.3. The lowest BCUT2D eigenvalue weighted by molar-refractivity contribution is 0.187. The van der Waals surface area contributed by atoms with Crippen LogP contribution in [0.3, 0.4) is 0 Å². The normalized spacial score (nSPS) is 20.5. The van der Waals surface area contributed by atoms with Crippen molar-refractivity contribution < 1.29 is 4.74 Å². The number of ether oxygens (including phenoxy) is 1. The number of nitrogens with two attached hydrogens (primary N) is 1. The average Bonchev–Trinajstić information content (AvgIpc) is 2.73. The summed E-state index contributed by atoms with van der Waals surface area (Å²) in [5.74, 6) is 0.655. The Kier molecular flexibility index (Phi) is 3.11. The lowest BCUT2D eigenvalue weighted by Gasteiger charge is -2.11. The predicted octanol–water partition coefficient (Wildman–Crippen LogP) is 2.03. The third kappa shape index (κ3) is 2.63. The van der Waals surface area contributed by atoms with E-state index in [1.807, 2.05) is 19.1 Å². The third-order valence-electron chi connectivity index (χ3n) is 2.89. The number of hydrogen-bond donors (Lipinski definition) is 2. The van der Waals surface area contributed by atoms with Gasteiger partial charge < -0.3 is 15.8 Å². The molecule has 1 aromatic carbocycles. The average molecular weight is 206 g/mol. The second-order valence-corrected chi connectivity index (χ2v) is 4.18. The molecule has 0 aromatic heterocycles. The van der Waals surface area contributed by atoms with Crippen LogP contribution >= 0.6 is 0 Å². The Balaban J connectivity index is 1.90. The van der Waals surface area contributed by atoms with E-state index in [2.05, 4.69) is 11.4 Å². The number of nitrogen functional groups attached to an aromatic ring is 1. The van der Waals surface area contributed by atoms with Crippen LogP contribution in [0.1, 0.15) is 12.0 Å². The van der Waals surface area contributed by atoms with Gasteiger partial charge in [-0.3, -0.25) is 0 Å². The highest BCUT2D eigenvalue weighted by Crippen LogP contribution is 2.18. The van der Waals surface area contributed by atoms with Gasteiger partial charge in [-0.2, -0.15) is 0 Å². The number of aryl methyl sites for hydroxylation is 1. The van der Waals surface area contributed by atoms with E-state index in [0.717, 1.165) is 36.7 Å². The maximum Gasteiger partial charge on any atom is 0.0511 e. The van der Waals surface area contributed by atoms with Crippen molar-refractivity contribution in [2.75, 3.05) is 30.8 Å². The van der Waals surface area contributed by atoms with Gasteiger partial charge in [-0.25, -0.2) is 0 Å². The molecular formula is C12H18N2O. The maximum atomic E-state index is 5.76. The molecule has 82 valence electrons. The molecule has 2 rings (SSSR count). The Morgan fingerprint density at radius 2 is 2.40 bits per heavy atom. The Bertz CT molecular complexity index is 332. The van der Waals surface area contributed by atoms with Gasteiger partial charge in [-0.15, -0.1) is 0 Å².